The molecule has 0 aliphatic carbocycles. The summed E-state index contributed by atoms with van der Waals surface area (Å²) in [6.07, 6.45) is -2.26. The van der Waals surface area contributed by atoms with Gasteiger partial charge >= 0.3 is 6.18 Å². The van der Waals surface area contributed by atoms with Crippen LogP contribution in [-0.4, -0.2) is 20.4 Å². The Kier molecular flexibility index (Phi) is 3.73. The van der Waals surface area contributed by atoms with Crippen molar-refractivity contribution in [2.75, 3.05) is 6.26 Å². The largest absolute Gasteiger partial charge is 0.420 e. The van der Waals surface area contributed by atoms with E-state index in [4.69, 9.17) is 0 Å². The molecule has 19 heavy (non-hydrogen) atoms. The summed E-state index contributed by atoms with van der Waals surface area (Å²) < 4.78 is 50.0. The Hall–Kier alpha value is -1.28. The lowest BCUT2D eigenvalue weighted by Gasteiger charge is -2.10. The van der Waals surface area contributed by atoms with E-state index >= 15 is 0 Å². The Labute approximate surface area is 114 Å². The molecule has 0 radical (unpaired) electrons. The monoisotopic (exact) mass is 306 g/mol. The highest BCUT2D eigenvalue weighted by Crippen LogP contribution is 2.38. The van der Waals surface area contributed by atoms with E-state index in [2.05, 4.69) is 9.97 Å². The predicted octanol–water partition coefficient (Wildman–Crippen LogP) is 3.27. The number of thiophene rings is 1. The van der Waals surface area contributed by atoms with Crippen LogP contribution in [-0.2, 0) is 17.0 Å². The van der Waals surface area contributed by atoms with Gasteiger partial charge in [0.1, 0.15) is 11.4 Å². The van der Waals surface area contributed by atoms with E-state index in [0.29, 0.717) is 9.77 Å². The molecule has 2 aromatic rings. The van der Waals surface area contributed by atoms with E-state index in [0.717, 1.165) is 17.5 Å². The molecule has 8 heteroatoms. The highest BCUT2D eigenvalue weighted by molar-refractivity contribution is 7.84. The minimum atomic E-state index is -4.52. The summed E-state index contributed by atoms with van der Waals surface area (Å²) in [6, 6.07) is 1.47. The Bertz CT molecular complexity index is 637. The first kappa shape index (κ1) is 14.1. The first-order valence-electron chi connectivity index (χ1n) is 5.12. The highest BCUT2D eigenvalue weighted by Gasteiger charge is 2.35. The molecule has 102 valence electrons. The van der Waals surface area contributed by atoms with Gasteiger partial charge in [-0.3, -0.25) is 4.21 Å². The van der Waals surface area contributed by atoms with Gasteiger partial charge in [0.15, 0.2) is 0 Å². The van der Waals surface area contributed by atoms with Gasteiger partial charge in [0.2, 0.25) is 0 Å². The normalized spacial score (nSPS) is 13.5. The highest BCUT2D eigenvalue weighted by atomic mass is 32.2. The summed E-state index contributed by atoms with van der Waals surface area (Å²) in [5.74, 6) is 0.260. The fourth-order valence-electron chi connectivity index (χ4n) is 1.46. The van der Waals surface area contributed by atoms with E-state index in [1.54, 1.807) is 5.38 Å². The van der Waals surface area contributed by atoms with Gasteiger partial charge < -0.3 is 0 Å². The first-order chi connectivity index (χ1) is 8.79. The molecule has 0 spiro atoms. The molecule has 2 aromatic heterocycles. The average molecular weight is 306 g/mol. The van der Waals surface area contributed by atoms with E-state index < -0.39 is 22.5 Å². The van der Waals surface area contributed by atoms with Crippen molar-refractivity contribution in [3.05, 3.63) is 29.0 Å². The molecule has 3 nitrogen and oxygen atoms in total. The van der Waals surface area contributed by atoms with Crippen molar-refractivity contribution >= 4 is 22.1 Å². The zero-order valence-electron chi connectivity index (χ0n) is 9.99. The summed E-state index contributed by atoms with van der Waals surface area (Å²) in [4.78, 5) is 8.28. The van der Waals surface area contributed by atoms with Crippen molar-refractivity contribution in [1.82, 2.24) is 9.97 Å². The van der Waals surface area contributed by atoms with E-state index in [9.17, 15) is 17.4 Å². The van der Waals surface area contributed by atoms with Crippen LogP contribution in [0, 0.1) is 6.92 Å². The SMILES string of the molecule is Cc1ncc(C(F)(F)F)c(-c2cc(S(C)=O)cs2)n1. The van der Waals surface area contributed by atoms with Crippen molar-refractivity contribution < 1.29 is 17.4 Å². The smallest absolute Gasteiger partial charge is 0.255 e. The third-order valence-corrected chi connectivity index (χ3v) is 4.34. The van der Waals surface area contributed by atoms with Gasteiger partial charge in [-0.25, -0.2) is 9.97 Å². The number of rotatable bonds is 2. The molecule has 0 N–H and O–H groups in total. The lowest BCUT2D eigenvalue weighted by atomic mass is 10.2. The van der Waals surface area contributed by atoms with Crippen LogP contribution in [0.3, 0.4) is 0 Å². The lowest BCUT2D eigenvalue weighted by Crippen LogP contribution is -2.09. The van der Waals surface area contributed by atoms with Gasteiger partial charge in [0.25, 0.3) is 0 Å². The minimum absolute atomic E-state index is 0.165. The minimum Gasteiger partial charge on any atom is -0.255 e. The second-order valence-electron chi connectivity index (χ2n) is 3.78. The second-order valence-corrected chi connectivity index (χ2v) is 6.07. The molecule has 0 aromatic carbocycles. The molecule has 0 aliphatic heterocycles. The van der Waals surface area contributed by atoms with E-state index in [1.165, 1.54) is 19.2 Å². The van der Waals surface area contributed by atoms with Gasteiger partial charge in [-0.15, -0.1) is 11.3 Å². The molecule has 0 saturated heterocycles. The molecule has 0 bridgehead atoms. The fourth-order valence-corrected chi connectivity index (χ4v) is 3.28. The van der Waals surface area contributed by atoms with Crippen LogP contribution in [0.1, 0.15) is 11.4 Å². The van der Waals surface area contributed by atoms with Gasteiger partial charge in [0.05, 0.1) is 21.4 Å². The molecule has 2 heterocycles. The van der Waals surface area contributed by atoms with Gasteiger partial charge in [-0.05, 0) is 13.0 Å². The number of alkyl halides is 3. The zero-order valence-corrected chi connectivity index (χ0v) is 11.6. The van der Waals surface area contributed by atoms with E-state index in [1.807, 2.05) is 0 Å². The molecule has 1 unspecified atom stereocenters. The standard InChI is InChI=1S/C11H9F3N2OS2/c1-6-15-4-8(11(12,13)14)10(16-6)9-3-7(5-18-9)19(2)17/h3-5H,1-2H3. The molecule has 0 fully saturated rings. The second kappa shape index (κ2) is 5.01. The van der Waals surface area contributed by atoms with Crippen molar-refractivity contribution in [3.8, 4) is 10.6 Å². The predicted molar refractivity (Wildman–Crippen MR) is 67.4 cm³/mol. The third kappa shape index (κ3) is 3.01. The van der Waals surface area contributed by atoms with Crippen LogP contribution < -0.4 is 0 Å². The Morgan fingerprint density at radius 1 is 1.37 bits per heavy atom. The number of nitrogens with zero attached hydrogens (tertiary/aromatic N) is 2. The summed E-state index contributed by atoms with van der Waals surface area (Å²) in [5.41, 5.74) is -1.05. The van der Waals surface area contributed by atoms with Crippen molar-refractivity contribution in [2.24, 2.45) is 0 Å². The zero-order chi connectivity index (χ0) is 14.2. The van der Waals surface area contributed by atoms with Crippen molar-refractivity contribution in [1.29, 1.82) is 0 Å². The van der Waals surface area contributed by atoms with Crippen LogP contribution in [0.2, 0.25) is 0 Å². The molecule has 0 aliphatic rings. The van der Waals surface area contributed by atoms with Crippen LogP contribution >= 0.6 is 11.3 Å². The van der Waals surface area contributed by atoms with Crippen LogP contribution in [0.4, 0.5) is 13.2 Å². The number of halogens is 3. The Morgan fingerprint density at radius 3 is 2.58 bits per heavy atom. The summed E-state index contributed by atoms with van der Waals surface area (Å²) in [6.45, 7) is 1.52. The maximum Gasteiger partial charge on any atom is 0.420 e. The quantitative estimate of drug-likeness (QED) is 0.855. The fraction of sp³-hybridized carbons (Fsp3) is 0.273. The lowest BCUT2D eigenvalue weighted by molar-refractivity contribution is -0.137. The van der Waals surface area contributed by atoms with Crippen LogP contribution in [0.15, 0.2) is 22.5 Å². The Morgan fingerprint density at radius 2 is 2.05 bits per heavy atom. The molecule has 0 amide bonds. The molecule has 2 rings (SSSR count). The van der Waals surface area contributed by atoms with Crippen molar-refractivity contribution in [3.63, 3.8) is 0 Å². The molecular weight excluding hydrogens is 297 g/mol. The van der Waals surface area contributed by atoms with E-state index in [-0.39, 0.29) is 11.5 Å². The van der Waals surface area contributed by atoms with Crippen molar-refractivity contribution in [2.45, 2.75) is 18.0 Å². The summed E-state index contributed by atoms with van der Waals surface area (Å²) in [7, 11) is -1.23. The van der Waals surface area contributed by atoms with Gasteiger partial charge in [-0.1, -0.05) is 0 Å². The van der Waals surface area contributed by atoms with Crippen LogP contribution in [0.5, 0.6) is 0 Å². The van der Waals surface area contributed by atoms with Gasteiger partial charge in [0, 0.05) is 22.7 Å². The molecular formula is C11H9F3N2OS2. The number of hydrogen-bond donors (Lipinski definition) is 0. The number of aromatic nitrogens is 2. The maximum absolute atomic E-state index is 12.9. The summed E-state index contributed by atoms with van der Waals surface area (Å²) >= 11 is 1.09. The third-order valence-electron chi connectivity index (χ3n) is 2.36. The Balaban J connectivity index is 2.59. The molecule has 1 atom stereocenters. The van der Waals surface area contributed by atoms with Crippen LogP contribution in [0.25, 0.3) is 10.6 Å². The average Bonchev–Trinajstić information content (AvgIpc) is 2.76. The molecule has 0 saturated carbocycles. The number of aryl methyl sites for hydroxylation is 1. The summed E-state index contributed by atoms with van der Waals surface area (Å²) in [5, 5.41) is 1.57. The topological polar surface area (TPSA) is 42.9 Å². The van der Waals surface area contributed by atoms with Gasteiger partial charge in [-0.2, -0.15) is 13.2 Å². The first-order valence-corrected chi connectivity index (χ1v) is 7.56. The maximum atomic E-state index is 12.9. The number of hydrogen-bond acceptors (Lipinski definition) is 4.